The first-order valence-electron chi connectivity index (χ1n) is 5.34. The highest BCUT2D eigenvalue weighted by Crippen LogP contribution is 2.50. The topological polar surface area (TPSA) is 31.0 Å². The van der Waals surface area contributed by atoms with Gasteiger partial charge in [-0.05, 0) is 18.8 Å². The first kappa shape index (κ1) is 8.21. The predicted molar refractivity (Wildman–Crippen MR) is 46.1 cm³/mol. The summed E-state index contributed by atoms with van der Waals surface area (Å²) in [5, 5.41) is 0. The van der Waals surface area contributed by atoms with Crippen LogP contribution in [0.3, 0.4) is 0 Å². The van der Waals surface area contributed by atoms with E-state index in [1.165, 1.54) is 32.1 Å². The van der Waals surface area contributed by atoms with Gasteiger partial charge in [0.2, 0.25) is 0 Å². The summed E-state index contributed by atoms with van der Waals surface area (Å²) < 4.78 is 5.75. The maximum atomic E-state index is 5.75. The Labute approximate surface area is 78.3 Å². The average Bonchev–Trinajstić information content (AvgIpc) is 2.94. The normalized spacial score (nSPS) is 45.7. The molecule has 0 unspecified atom stereocenters. The molecule has 0 aromatic heterocycles. The summed E-state index contributed by atoms with van der Waals surface area (Å²) in [5.74, 6) is 0.732. The second kappa shape index (κ2) is 2.94. The molecule has 3 nitrogen and oxygen atoms in total. The Hall–Kier alpha value is -0.120. The Morgan fingerprint density at radius 3 is 2.62 bits per heavy atom. The Morgan fingerprint density at radius 2 is 1.85 bits per heavy atom. The molecule has 0 spiro atoms. The molecular weight excluding hydrogens is 168 g/mol. The largest absolute Gasteiger partial charge is 0.360 e. The van der Waals surface area contributed by atoms with Gasteiger partial charge in [0, 0.05) is 0 Å². The maximum absolute atomic E-state index is 5.75. The van der Waals surface area contributed by atoms with Crippen LogP contribution in [-0.2, 0) is 14.5 Å². The number of fused-ring (bicyclic) bond motifs is 1. The number of ether oxygens (including phenoxy) is 1. The van der Waals surface area contributed by atoms with E-state index in [0.29, 0.717) is 19.3 Å². The van der Waals surface area contributed by atoms with Crippen molar-refractivity contribution in [1.82, 2.24) is 0 Å². The molecule has 0 N–H and O–H groups in total. The lowest BCUT2D eigenvalue weighted by Gasteiger charge is -2.29. The van der Waals surface area contributed by atoms with Gasteiger partial charge >= 0.3 is 0 Å². The zero-order valence-corrected chi connectivity index (χ0v) is 7.83. The zero-order valence-electron chi connectivity index (χ0n) is 7.83. The van der Waals surface area contributed by atoms with E-state index in [-0.39, 0.29) is 5.60 Å². The van der Waals surface area contributed by atoms with Crippen molar-refractivity contribution in [2.24, 2.45) is 5.92 Å². The molecule has 0 radical (unpaired) electrons. The van der Waals surface area contributed by atoms with Gasteiger partial charge in [0.05, 0.1) is 0 Å². The van der Waals surface area contributed by atoms with E-state index in [2.05, 4.69) is 0 Å². The molecule has 2 heterocycles. The summed E-state index contributed by atoms with van der Waals surface area (Å²) in [6, 6.07) is 0. The Morgan fingerprint density at radius 1 is 1.00 bits per heavy atom. The Kier molecular flexibility index (Phi) is 1.86. The van der Waals surface area contributed by atoms with Gasteiger partial charge in [-0.1, -0.05) is 19.3 Å². The van der Waals surface area contributed by atoms with Crippen molar-refractivity contribution >= 4 is 0 Å². The first-order valence-corrected chi connectivity index (χ1v) is 5.34. The van der Waals surface area contributed by atoms with Gasteiger partial charge in [-0.25, -0.2) is 9.78 Å². The predicted octanol–water partition coefficient (Wildman–Crippen LogP) is 1.67. The van der Waals surface area contributed by atoms with Crippen LogP contribution in [0, 0.1) is 5.92 Å². The molecule has 74 valence electrons. The summed E-state index contributed by atoms with van der Waals surface area (Å²) in [6.07, 6.45) is 7.10. The minimum absolute atomic E-state index is 0.0681. The Bertz CT molecular complexity index is 200. The molecule has 2 aliphatic heterocycles. The summed E-state index contributed by atoms with van der Waals surface area (Å²) in [7, 11) is 0. The molecule has 3 aliphatic rings. The van der Waals surface area contributed by atoms with E-state index in [0.717, 1.165) is 5.92 Å². The van der Waals surface area contributed by atoms with Crippen LogP contribution in [0.4, 0.5) is 0 Å². The zero-order chi connectivity index (χ0) is 8.73. The first-order chi connectivity index (χ1) is 6.42. The van der Waals surface area contributed by atoms with Gasteiger partial charge in [-0.15, -0.1) is 0 Å². The highest BCUT2D eigenvalue weighted by Gasteiger charge is 2.63. The van der Waals surface area contributed by atoms with Crippen LogP contribution < -0.4 is 0 Å². The van der Waals surface area contributed by atoms with Gasteiger partial charge in [-0.3, -0.25) is 0 Å². The molecule has 2 atom stereocenters. The molecule has 0 amide bonds. The highest BCUT2D eigenvalue weighted by atomic mass is 17.2. The summed E-state index contributed by atoms with van der Waals surface area (Å²) in [6.45, 7) is 1.29. The lowest BCUT2D eigenvalue weighted by atomic mass is 9.78. The molecule has 1 aliphatic carbocycles. The fourth-order valence-electron chi connectivity index (χ4n) is 2.84. The summed E-state index contributed by atoms with van der Waals surface area (Å²) in [4.78, 5) is 9.97. The van der Waals surface area contributed by atoms with Crippen molar-refractivity contribution in [3.8, 4) is 0 Å². The van der Waals surface area contributed by atoms with Gasteiger partial charge in [-0.2, -0.15) is 0 Å². The van der Waals surface area contributed by atoms with Gasteiger partial charge in [0.25, 0.3) is 0 Å². The van der Waals surface area contributed by atoms with E-state index >= 15 is 0 Å². The van der Waals surface area contributed by atoms with Gasteiger partial charge in [0.1, 0.15) is 24.9 Å². The van der Waals surface area contributed by atoms with Crippen LogP contribution in [0.1, 0.15) is 32.1 Å². The van der Waals surface area contributed by atoms with Crippen LogP contribution in [0.2, 0.25) is 0 Å². The van der Waals surface area contributed by atoms with Crippen LogP contribution in [0.25, 0.3) is 0 Å². The second-order valence-corrected chi connectivity index (χ2v) is 4.44. The smallest absolute Gasteiger partial charge is 0.126 e. The van der Waals surface area contributed by atoms with Gasteiger partial charge < -0.3 is 4.74 Å². The van der Waals surface area contributed by atoms with Crippen LogP contribution in [-0.4, -0.2) is 24.9 Å². The standard InChI is InChI=1S/C10H16O3/c1-2-4-8(5-3-1)10-7-12-11-6-9(10)13-10/h8-9H,1-7H2/t9-,10-/m0/s1. The van der Waals surface area contributed by atoms with E-state index in [1.54, 1.807) is 0 Å². The minimum Gasteiger partial charge on any atom is -0.360 e. The van der Waals surface area contributed by atoms with E-state index in [1.807, 2.05) is 0 Å². The fourth-order valence-corrected chi connectivity index (χ4v) is 2.84. The molecule has 3 rings (SSSR count). The molecule has 0 bridgehead atoms. The molecule has 2 saturated heterocycles. The summed E-state index contributed by atoms with van der Waals surface area (Å²) >= 11 is 0. The number of hydrogen-bond acceptors (Lipinski definition) is 3. The van der Waals surface area contributed by atoms with Gasteiger partial charge in [0.15, 0.2) is 0 Å². The van der Waals surface area contributed by atoms with E-state index < -0.39 is 0 Å². The van der Waals surface area contributed by atoms with E-state index in [4.69, 9.17) is 14.5 Å². The quantitative estimate of drug-likeness (QED) is 0.459. The highest BCUT2D eigenvalue weighted by molar-refractivity contribution is 5.08. The van der Waals surface area contributed by atoms with Crippen LogP contribution >= 0.6 is 0 Å². The average molecular weight is 184 g/mol. The summed E-state index contributed by atoms with van der Waals surface area (Å²) in [5.41, 5.74) is 0.0681. The molecule has 3 fully saturated rings. The SMILES string of the molecule is C1CCC([C@@]23COOC[C@@H]2O3)CC1. The number of epoxide rings is 1. The molecule has 0 aromatic rings. The lowest BCUT2D eigenvalue weighted by Crippen LogP contribution is -2.38. The molecule has 3 heteroatoms. The van der Waals surface area contributed by atoms with Crippen molar-refractivity contribution in [3.05, 3.63) is 0 Å². The molecule has 0 aromatic carbocycles. The number of hydrogen-bond donors (Lipinski definition) is 0. The van der Waals surface area contributed by atoms with Crippen molar-refractivity contribution in [3.63, 3.8) is 0 Å². The molecular formula is C10H16O3. The second-order valence-electron chi connectivity index (χ2n) is 4.44. The van der Waals surface area contributed by atoms with E-state index in [9.17, 15) is 0 Å². The molecule has 13 heavy (non-hydrogen) atoms. The number of rotatable bonds is 1. The fraction of sp³-hybridized carbons (Fsp3) is 1.00. The third kappa shape index (κ3) is 1.22. The minimum atomic E-state index is 0.0681. The monoisotopic (exact) mass is 184 g/mol. The third-order valence-electron chi connectivity index (χ3n) is 3.73. The third-order valence-corrected chi connectivity index (χ3v) is 3.73. The van der Waals surface area contributed by atoms with Crippen LogP contribution in [0.15, 0.2) is 0 Å². The van der Waals surface area contributed by atoms with Crippen molar-refractivity contribution in [2.45, 2.75) is 43.8 Å². The van der Waals surface area contributed by atoms with Crippen molar-refractivity contribution in [2.75, 3.05) is 13.2 Å². The maximum Gasteiger partial charge on any atom is 0.126 e. The van der Waals surface area contributed by atoms with Crippen LogP contribution in [0.5, 0.6) is 0 Å². The lowest BCUT2D eigenvalue weighted by molar-refractivity contribution is -0.315. The van der Waals surface area contributed by atoms with Crippen molar-refractivity contribution < 1.29 is 14.5 Å². The van der Waals surface area contributed by atoms with Crippen molar-refractivity contribution in [1.29, 1.82) is 0 Å². The Balaban J connectivity index is 1.69. The molecule has 1 saturated carbocycles.